The van der Waals surface area contributed by atoms with E-state index in [0.717, 1.165) is 32.2 Å². The van der Waals surface area contributed by atoms with E-state index >= 15 is 0 Å². The minimum Gasteiger partial charge on any atom is -0.444 e. The van der Waals surface area contributed by atoms with Crippen molar-refractivity contribution in [1.29, 1.82) is 0 Å². The lowest BCUT2D eigenvalue weighted by Gasteiger charge is -2.34. The number of nitrogens with zero attached hydrogens (tertiary/aromatic N) is 2. The molecule has 9 heteroatoms. The molecule has 0 bridgehead atoms. The molecule has 9 nitrogen and oxygen atoms in total. The first-order valence-corrected chi connectivity index (χ1v) is 11.1. The normalized spacial score (nSPS) is 22.1. The van der Waals surface area contributed by atoms with Crippen LogP contribution >= 0.6 is 0 Å². The van der Waals surface area contributed by atoms with E-state index in [-0.39, 0.29) is 30.2 Å². The van der Waals surface area contributed by atoms with Gasteiger partial charge in [-0.05, 0) is 67.2 Å². The van der Waals surface area contributed by atoms with Crippen LogP contribution in [-0.4, -0.2) is 77.4 Å². The van der Waals surface area contributed by atoms with E-state index in [2.05, 4.69) is 5.32 Å². The van der Waals surface area contributed by atoms with Crippen molar-refractivity contribution in [3.8, 4) is 0 Å². The summed E-state index contributed by atoms with van der Waals surface area (Å²) in [5, 5.41) is 2.84. The maximum absolute atomic E-state index is 11.8. The molecule has 0 aromatic carbocycles. The van der Waals surface area contributed by atoms with Gasteiger partial charge in [0.25, 0.3) is 0 Å². The third-order valence-corrected chi connectivity index (χ3v) is 4.59. The van der Waals surface area contributed by atoms with Crippen molar-refractivity contribution in [3.63, 3.8) is 0 Å². The zero-order valence-electron chi connectivity index (χ0n) is 20.3. The van der Waals surface area contributed by atoms with E-state index in [1.165, 1.54) is 6.92 Å². The van der Waals surface area contributed by atoms with E-state index in [1.54, 1.807) is 9.80 Å². The van der Waals surface area contributed by atoms with Crippen molar-refractivity contribution in [1.82, 2.24) is 15.1 Å². The predicted octanol–water partition coefficient (Wildman–Crippen LogP) is 2.87. The van der Waals surface area contributed by atoms with Crippen molar-refractivity contribution in [2.75, 3.05) is 26.2 Å². The lowest BCUT2D eigenvalue weighted by Crippen LogP contribution is -2.50. The number of piperidine rings is 2. The van der Waals surface area contributed by atoms with Crippen LogP contribution in [0.25, 0.3) is 0 Å². The number of nitrogens with one attached hydrogen (secondary N) is 1. The van der Waals surface area contributed by atoms with Crippen molar-refractivity contribution in [2.24, 2.45) is 5.73 Å². The summed E-state index contributed by atoms with van der Waals surface area (Å²) in [6.07, 6.45) is 3.24. The van der Waals surface area contributed by atoms with Crippen LogP contribution in [0.15, 0.2) is 0 Å². The molecule has 3 amide bonds. The Hall–Kier alpha value is -2.03. The summed E-state index contributed by atoms with van der Waals surface area (Å²) in [5.74, 6) is -0.0546. The molecular weight excluding hydrogens is 400 g/mol. The largest absolute Gasteiger partial charge is 0.444 e. The SMILES string of the molecule is CC(=O)N[C@@H]1CCCN(C(=O)OC(C)(C)C)C1.CC(C)(C)OC(=O)N1CCC[C@@H](N)C1. The first-order valence-electron chi connectivity index (χ1n) is 11.1. The van der Waals surface area contributed by atoms with Crippen LogP contribution in [0.4, 0.5) is 9.59 Å². The molecule has 31 heavy (non-hydrogen) atoms. The number of nitrogens with two attached hydrogens (primary N) is 1. The third-order valence-electron chi connectivity index (χ3n) is 4.59. The maximum atomic E-state index is 11.8. The van der Waals surface area contributed by atoms with Crippen molar-refractivity contribution < 1.29 is 23.9 Å². The summed E-state index contributed by atoms with van der Waals surface area (Å²) in [5.41, 5.74) is 4.89. The zero-order valence-corrected chi connectivity index (χ0v) is 20.3. The fourth-order valence-electron chi connectivity index (χ4n) is 3.38. The maximum Gasteiger partial charge on any atom is 0.410 e. The lowest BCUT2D eigenvalue weighted by molar-refractivity contribution is -0.120. The van der Waals surface area contributed by atoms with Gasteiger partial charge in [0.2, 0.25) is 5.91 Å². The first kappa shape index (κ1) is 27.0. The summed E-state index contributed by atoms with van der Waals surface area (Å²) in [7, 11) is 0. The number of carbonyl (C=O) groups excluding carboxylic acids is 3. The van der Waals surface area contributed by atoms with Gasteiger partial charge in [-0.1, -0.05) is 0 Å². The summed E-state index contributed by atoms with van der Waals surface area (Å²) >= 11 is 0. The second-order valence-corrected chi connectivity index (χ2v) is 10.3. The standard InChI is InChI=1S/C12H22N2O3.C10H20N2O2/c1-9(15)13-10-6-5-7-14(8-10)11(16)17-12(2,3)4;1-10(2,3)14-9(13)12-6-4-5-8(11)7-12/h10H,5-8H2,1-4H3,(H,13,15);8H,4-7,11H2,1-3H3/t10-;8-/m11/s1. The highest BCUT2D eigenvalue weighted by Gasteiger charge is 2.28. The summed E-state index contributed by atoms with van der Waals surface area (Å²) < 4.78 is 10.6. The van der Waals surface area contributed by atoms with Crippen molar-refractivity contribution >= 4 is 18.1 Å². The Morgan fingerprint density at radius 3 is 1.71 bits per heavy atom. The fourth-order valence-corrected chi connectivity index (χ4v) is 3.38. The second-order valence-electron chi connectivity index (χ2n) is 10.3. The number of likely N-dealkylation sites (tertiary alicyclic amines) is 2. The number of hydrogen-bond donors (Lipinski definition) is 2. The Balaban J connectivity index is 0.000000316. The van der Waals surface area contributed by atoms with Gasteiger partial charge in [0, 0.05) is 45.2 Å². The van der Waals surface area contributed by atoms with Gasteiger partial charge in [0.1, 0.15) is 11.2 Å². The monoisotopic (exact) mass is 442 g/mol. The van der Waals surface area contributed by atoms with E-state index in [1.807, 2.05) is 41.5 Å². The van der Waals surface area contributed by atoms with Crippen LogP contribution in [0.2, 0.25) is 0 Å². The van der Waals surface area contributed by atoms with Gasteiger partial charge in [-0.15, -0.1) is 0 Å². The quantitative estimate of drug-likeness (QED) is 0.645. The zero-order chi connectivity index (χ0) is 23.8. The Bertz CT molecular complexity index is 612. The van der Waals surface area contributed by atoms with Crippen LogP contribution in [0.1, 0.15) is 74.1 Å². The Morgan fingerprint density at radius 1 is 0.839 bits per heavy atom. The number of carbonyl (C=O) groups is 3. The van der Waals surface area contributed by atoms with Crippen LogP contribution in [-0.2, 0) is 14.3 Å². The number of ether oxygens (including phenoxy) is 2. The molecule has 2 saturated heterocycles. The van der Waals surface area contributed by atoms with E-state index in [9.17, 15) is 14.4 Å². The molecule has 0 aliphatic carbocycles. The molecule has 0 unspecified atom stereocenters. The first-order chi connectivity index (χ1) is 14.2. The van der Waals surface area contributed by atoms with E-state index in [4.69, 9.17) is 15.2 Å². The molecule has 3 N–H and O–H groups in total. The molecule has 0 aromatic rings. The van der Waals surface area contributed by atoms with Crippen LogP contribution < -0.4 is 11.1 Å². The van der Waals surface area contributed by atoms with Crippen LogP contribution in [0.3, 0.4) is 0 Å². The third kappa shape index (κ3) is 11.8. The Morgan fingerprint density at radius 2 is 1.29 bits per heavy atom. The molecule has 2 aliphatic heterocycles. The van der Waals surface area contributed by atoms with E-state index in [0.29, 0.717) is 19.6 Å². The highest BCUT2D eigenvalue weighted by Crippen LogP contribution is 2.16. The average molecular weight is 443 g/mol. The number of amides is 3. The topological polar surface area (TPSA) is 114 Å². The van der Waals surface area contributed by atoms with Crippen LogP contribution in [0.5, 0.6) is 0 Å². The lowest BCUT2D eigenvalue weighted by atomic mass is 10.1. The molecule has 0 saturated carbocycles. The molecule has 2 atom stereocenters. The van der Waals surface area contributed by atoms with Gasteiger partial charge in [0.15, 0.2) is 0 Å². The molecule has 2 aliphatic rings. The predicted molar refractivity (Wildman–Crippen MR) is 120 cm³/mol. The fraction of sp³-hybridized carbons (Fsp3) is 0.864. The highest BCUT2D eigenvalue weighted by molar-refractivity contribution is 5.73. The smallest absolute Gasteiger partial charge is 0.410 e. The summed E-state index contributed by atoms with van der Waals surface area (Å²) in [6.45, 7) is 15.3. The molecule has 2 fully saturated rings. The molecule has 2 rings (SSSR count). The molecule has 0 spiro atoms. The van der Waals surface area contributed by atoms with Gasteiger partial charge in [-0.3, -0.25) is 4.79 Å². The molecule has 0 aromatic heterocycles. The minimum absolute atomic E-state index is 0.0498. The van der Waals surface area contributed by atoms with Crippen molar-refractivity contribution in [3.05, 3.63) is 0 Å². The highest BCUT2D eigenvalue weighted by atomic mass is 16.6. The Kier molecular flexibility index (Phi) is 10.1. The summed E-state index contributed by atoms with van der Waals surface area (Å²) in [4.78, 5) is 37.8. The van der Waals surface area contributed by atoms with Gasteiger partial charge in [0.05, 0.1) is 0 Å². The molecule has 0 radical (unpaired) electrons. The van der Waals surface area contributed by atoms with E-state index < -0.39 is 11.2 Å². The second kappa shape index (κ2) is 11.5. The molecule has 2 heterocycles. The van der Waals surface area contributed by atoms with Gasteiger partial charge in [-0.25, -0.2) is 9.59 Å². The van der Waals surface area contributed by atoms with Crippen LogP contribution in [0, 0.1) is 0 Å². The van der Waals surface area contributed by atoms with Gasteiger partial charge in [-0.2, -0.15) is 0 Å². The van der Waals surface area contributed by atoms with Crippen molar-refractivity contribution in [2.45, 2.75) is 97.4 Å². The summed E-state index contributed by atoms with van der Waals surface area (Å²) in [6, 6.07) is 0.157. The molecular formula is C22H42N4O5. The molecule has 180 valence electrons. The van der Waals surface area contributed by atoms with Gasteiger partial charge >= 0.3 is 12.2 Å². The number of hydrogen-bond acceptors (Lipinski definition) is 6. The number of rotatable bonds is 1. The van der Waals surface area contributed by atoms with Gasteiger partial charge < -0.3 is 30.3 Å². The average Bonchev–Trinajstić information content (AvgIpc) is 2.59. The Labute approximate surface area is 187 Å². The minimum atomic E-state index is -0.474.